The fraction of sp³-hybridized carbons (Fsp3) is 0.211. The summed E-state index contributed by atoms with van der Waals surface area (Å²) in [5.74, 6) is -1.87. The summed E-state index contributed by atoms with van der Waals surface area (Å²) in [6.07, 6.45) is -4.17. The Morgan fingerprint density at radius 2 is 1.90 bits per heavy atom. The lowest BCUT2D eigenvalue weighted by atomic mass is 10.1. The van der Waals surface area contributed by atoms with Gasteiger partial charge in [-0.25, -0.2) is 18.2 Å². The van der Waals surface area contributed by atoms with Crippen LogP contribution in [0.5, 0.6) is 0 Å². The van der Waals surface area contributed by atoms with Crippen molar-refractivity contribution in [3.05, 3.63) is 76.8 Å². The normalized spacial score (nSPS) is 11.7. The number of carbonyl (C=O) groups is 1. The number of aromatic nitrogens is 3. The van der Waals surface area contributed by atoms with Crippen molar-refractivity contribution in [3.63, 3.8) is 0 Å². The van der Waals surface area contributed by atoms with Crippen LogP contribution in [0, 0.1) is 5.82 Å². The Hall–Kier alpha value is -3.41. The van der Waals surface area contributed by atoms with Crippen molar-refractivity contribution in [1.29, 1.82) is 0 Å². The van der Waals surface area contributed by atoms with Crippen LogP contribution < -0.4 is 5.32 Å². The van der Waals surface area contributed by atoms with E-state index in [1.54, 1.807) is 0 Å². The first-order valence-corrected chi connectivity index (χ1v) is 8.64. The summed E-state index contributed by atoms with van der Waals surface area (Å²) in [5.41, 5.74) is -2.17. The van der Waals surface area contributed by atoms with Crippen molar-refractivity contribution in [3.8, 4) is 0 Å². The topological polar surface area (TPSA) is 80.0 Å². The van der Waals surface area contributed by atoms with Crippen LogP contribution in [-0.2, 0) is 19.3 Å². The molecule has 1 aromatic carbocycles. The summed E-state index contributed by atoms with van der Waals surface area (Å²) in [4.78, 5) is 19.8. The number of halogens is 6. The first-order valence-electron chi connectivity index (χ1n) is 8.64. The zero-order valence-corrected chi connectivity index (χ0v) is 15.5. The number of aliphatic hydroxyl groups excluding tert-OH is 1. The van der Waals surface area contributed by atoms with Gasteiger partial charge in [0.25, 0.3) is 12.3 Å². The molecule has 2 N–H and O–H groups in total. The van der Waals surface area contributed by atoms with E-state index in [1.165, 1.54) is 17.1 Å². The van der Waals surface area contributed by atoms with Crippen LogP contribution in [0.1, 0.15) is 39.2 Å². The van der Waals surface area contributed by atoms with Crippen LogP contribution in [0.4, 0.5) is 32.2 Å². The number of nitrogens with zero attached hydrogens (tertiary/aromatic N) is 3. The van der Waals surface area contributed by atoms with Gasteiger partial charge in [0, 0.05) is 24.5 Å². The fourth-order valence-corrected chi connectivity index (χ4v) is 2.77. The van der Waals surface area contributed by atoms with Gasteiger partial charge in [0.05, 0.1) is 29.8 Å². The lowest BCUT2D eigenvalue weighted by Crippen LogP contribution is -2.14. The molecule has 0 saturated carbocycles. The Morgan fingerprint density at radius 1 is 1.16 bits per heavy atom. The van der Waals surface area contributed by atoms with E-state index in [9.17, 15) is 31.1 Å². The number of hydrogen-bond acceptors (Lipinski definition) is 4. The molecule has 0 spiro atoms. The molecule has 0 atom stereocenters. The zero-order valence-electron chi connectivity index (χ0n) is 15.5. The van der Waals surface area contributed by atoms with E-state index in [0.29, 0.717) is 6.07 Å². The first kappa shape index (κ1) is 22.3. The molecule has 3 rings (SSSR count). The number of amides is 1. The largest absolute Gasteiger partial charge is 0.416 e. The van der Waals surface area contributed by atoms with Crippen LogP contribution in [0.15, 0.2) is 43.0 Å². The molecule has 0 aliphatic rings. The van der Waals surface area contributed by atoms with Crippen LogP contribution in [-0.4, -0.2) is 25.5 Å². The van der Waals surface area contributed by atoms with Crippen molar-refractivity contribution >= 4 is 11.7 Å². The Kier molecular flexibility index (Phi) is 6.29. The standard InChI is InChI=1S/C19H14F6N4O2/c20-13-2-10(1-12(4-13)19(23,24)25)6-29-7-16(27-9-29)28-18(31)11-3-14(17(21)22)15(8-30)26-5-11/h1-5,7,9,17,30H,6,8H2,(H,28,31). The predicted molar refractivity (Wildman–Crippen MR) is 95.8 cm³/mol. The molecular weight excluding hydrogens is 430 g/mol. The second-order valence-corrected chi connectivity index (χ2v) is 6.45. The number of alkyl halides is 5. The number of carbonyl (C=O) groups excluding carboxylic acids is 1. The average Bonchev–Trinajstić information content (AvgIpc) is 3.12. The Balaban J connectivity index is 1.74. The van der Waals surface area contributed by atoms with Crippen molar-refractivity contribution in [1.82, 2.24) is 14.5 Å². The number of imidazole rings is 1. The predicted octanol–water partition coefficient (Wildman–Crippen LogP) is 4.17. The molecule has 31 heavy (non-hydrogen) atoms. The summed E-state index contributed by atoms with van der Waals surface area (Å²) in [7, 11) is 0. The third kappa shape index (κ3) is 5.40. The minimum Gasteiger partial charge on any atom is -0.390 e. The van der Waals surface area contributed by atoms with Gasteiger partial charge in [-0.3, -0.25) is 9.78 Å². The second kappa shape index (κ2) is 8.76. The van der Waals surface area contributed by atoms with E-state index in [1.807, 2.05) is 0 Å². The molecule has 6 nitrogen and oxygen atoms in total. The highest BCUT2D eigenvalue weighted by Crippen LogP contribution is 2.30. The van der Waals surface area contributed by atoms with Crippen LogP contribution in [0.3, 0.4) is 0 Å². The molecule has 0 unspecified atom stereocenters. The van der Waals surface area contributed by atoms with Gasteiger partial charge < -0.3 is 15.0 Å². The van der Waals surface area contributed by atoms with Crippen molar-refractivity contribution in [2.24, 2.45) is 0 Å². The Labute approximate surface area is 171 Å². The Morgan fingerprint density at radius 3 is 2.55 bits per heavy atom. The Bertz CT molecular complexity index is 1100. The molecule has 164 valence electrons. The number of aliphatic hydroxyl groups is 1. The van der Waals surface area contributed by atoms with Crippen molar-refractivity contribution in [2.75, 3.05) is 5.32 Å². The van der Waals surface area contributed by atoms with Gasteiger partial charge in [0.1, 0.15) is 5.82 Å². The van der Waals surface area contributed by atoms with Crippen LogP contribution >= 0.6 is 0 Å². The molecule has 2 aromatic heterocycles. The molecule has 1 amide bonds. The fourth-order valence-electron chi connectivity index (χ4n) is 2.77. The molecule has 0 bridgehead atoms. The SMILES string of the molecule is O=C(Nc1cn(Cc2cc(F)cc(C(F)(F)F)c2)cn1)c1cnc(CO)c(C(F)F)c1. The highest BCUT2D eigenvalue weighted by molar-refractivity contribution is 6.03. The zero-order chi connectivity index (χ0) is 22.8. The number of nitrogens with one attached hydrogen (secondary N) is 1. The lowest BCUT2D eigenvalue weighted by molar-refractivity contribution is -0.137. The summed E-state index contributed by atoms with van der Waals surface area (Å²) in [5, 5.41) is 11.4. The smallest absolute Gasteiger partial charge is 0.390 e. The van der Waals surface area contributed by atoms with E-state index < -0.39 is 42.1 Å². The third-order valence-electron chi connectivity index (χ3n) is 4.18. The minimum absolute atomic E-state index is 0.0118. The quantitative estimate of drug-likeness (QED) is 0.560. The van der Waals surface area contributed by atoms with Crippen LogP contribution in [0.2, 0.25) is 0 Å². The molecule has 0 aliphatic heterocycles. The van der Waals surface area contributed by atoms with Gasteiger partial charge in [0.15, 0.2) is 5.82 Å². The van der Waals surface area contributed by atoms with Gasteiger partial charge in [-0.15, -0.1) is 0 Å². The van der Waals surface area contributed by atoms with E-state index >= 15 is 0 Å². The van der Waals surface area contributed by atoms with Gasteiger partial charge >= 0.3 is 6.18 Å². The number of rotatable bonds is 6. The summed E-state index contributed by atoms with van der Waals surface area (Å²) in [6.45, 7) is -0.881. The molecule has 3 aromatic rings. The van der Waals surface area contributed by atoms with Crippen LogP contribution in [0.25, 0.3) is 0 Å². The highest BCUT2D eigenvalue weighted by atomic mass is 19.4. The maximum Gasteiger partial charge on any atom is 0.416 e. The van der Waals surface area contributed by atoms with E-state index in [0.717, 1.165) is 24.4 Å². The van der Waals surface area contributed by atoms with E-state index in [4.69, 9.17) is 5.11 Å². The molecular formula is C19H14F6N4O2. The molecule has 2 heterocycles. The van der Waals surface area contributed by atoms with Gasteiger partial charge in [-0.05, 0) is 29.8 Å². The van der Waals surface area contributed by atoms with Gasteiger partial charge in [-0.2, -0.15) is 13.2 Å². The number of benzene rings is 1. The third-order valence-corrected chi connectivity index (χ3v) is 4.18. The van der Waals surface area contributed by atoms with Crippen molar-refractivity contribution in [2.45, 2.75) is 25.8 Å². The minimum atomic E-state index is -4.71. The van der Waals surface area contributed by atoms with Gasteiger partial charge in [0.2, 0.25) is 0 Å². The first-order chi connectivity index (χ1) is 14.6. The number of anilines is 1. The summed E-state index contributed by atoms with van der Waals surface area (Å²) < 4.78 is 79.3. The van der Waals surface area contributed by atoms with E-state index in [2.05, 4.69) is 15.3 Å². The lowest BCUT2D eigenvalue weighted by Gasteiger charge is -2.10. The maximum atomic E-state index is 13.5. The van der Waals surface area contributed by atoms with Crippen molar-refractivity contribution < 1.29 is 36.2 Å². The maximum absolute atomic E-state index is 13.5. The summed E-state index contributed by atoms with van der Waals surface area (Å²) in [6, 6.07) is 3.00. The average molecular weight is 444 g/mol. The molecule has 0 saturated heterocycles. The molecule has 0 aliphatic carbocycles. The highest BCUT2D eigenvalue weighted by Gasteiger charge is 2.31. The van der Waals surface area contributed by atoms with Gasteiger partial charge in [-0.1, -0.05) is 0 Å². The molecule has 12 heteroatoms. The summed E-state index contributed by atoms with van der Waals surface area (Å²) >= 11 is 0. The number of hydrogen-bond donors (Lipinski definition) is 2. The second-order valence-electron chi connectivity index (χ2n) is 6.45. The number of pyridine rings is 1. The molecule has 0 radical (unpaired) electrons. The van der Waals surface area contributed by atoms with E-state index in [-0.39, 0.29) is 29.2 Å². The monoisotopic (exact) mass is 444 g/mol. The molecule has 0 fully saturated rings.